The standard InChI is InChI=1S/C10H10O2.C6H4N2O4/c1-2-8-3-5-9(6-4-8)7-10(11)12;9-7(10)5-2-1-3-6(4-5)8(11)12/h2-6H,1,7H2,(H,11,12);1-4H. The Balaban J connectivity index is 0.000000240. The Kier molecular flexibility index (Phi) is 6.77. The summed E-state index contributed by atoms with van der Waals surface area (Å²) < 4.78 is 0. The maximum Gasteiger partial charge on any atom is 0.307 e. The molecule has 0 atom stereocenters. The van der Waals surface area contributed by atoms with Crippen molar-refractivity contribution in [2.24, 2.45) is 0 Å². The first-order chi connectivity index (χ1) is 11.3. The van der Waals surface area contributed by atoms with E-state index in [0.717, 1.165) is 17.2 Å². The number of carboxylic acid groups (broad SMARTS) is 1. The van der Waals surface area contributed by atoms with Gasteiger partial charge in [0.15, 0.2) is 0 Å². The van der Waals surface area contributed by atoms with E-state index in [-0.39, 0.29) is 17.8 Å². The number of nitro benzene ring substituents is 2. The van der Waals surface area contributed by atoms with Crippen LogP contribution in [0.2, 0.25) is 0 Å². The largest absolute Gasteiger partial charge is 0.481 e. The maximum atomic E-state index is 10.3. The molecule has 0 spiro atoms. The van der Waals surface area contributed by atoms with Crippen LogP contribution >= 0.6 is 0 Å². The molecule has 0 heterocycles. The summed E-state index contributed by atoms with van der Waals surface area (Å²) >= 11 is 0. The molecule has 124 valence electrons. The van der Waals surface area contributed by atoms with E-state index in [1.807, 2.05) is 12.1 Å². The molecule has 0 aliphatic carbocycles. The first-order valence-electron chi connectivity index (χ1n) is 6.65. The molecular formula is C16H14N2O6. The molecule has 0 aliphatic rings. The SMILES string of the molecule is C=Cc1ccc(CC(=O)O)cc1.O=[N+]([O-])c1cccc([N+](=O)[O-])c1. The fraction of sp³-hybridized carbons (Fsp3) is 0.0625. The number of carbonyl (C=O) groups is 1. The van der Waals surface area contributed by atoms with Crippen LogP contribution in [0.3, 0.4) is 0 Å². The number of non-ortho nitro benzene ring substituents is 2. The van der Waals surface area contributed by atoms with Gasteiger partial charge >= 0.3 is 5.97 Å². The summed E-state index contributed by atoms with van der Waals surface area (Å²) in [5.41, 5.74) is 1.27. The molecule has 0 radical (unpaired) electrons. The number of nitro groups is 2. The highest BCUT2D eigenvalue weighted by molar-refractivity contribution is 5.70. The third kappa shape index (κ3) is 6.06. The number of nitrogens with zero attached hydrogens (tertiary/aromatic N) is 2. The second-order valence-electron chi connectivity index (χ2n) is 4.55. The molecule has 0 fully saturated rings. The van der Waals surface area contributed by atoms with E-state index in [4.69, 9.17) is 5.11 Å². The lowest BCUT2D eigenvalue weighted by molar-refractivity contribution is -0.394. The summed E-state index contributed by atoms with van der Waals surface area (Å²) in [6.07, 6.45) is 1.81. The Hall–Kier alpha value is -3.55. The smallest absolute Gasteiger partial charge is 0.307 e. The molecule has 0 saturated carbocycles. The van der Waals surface area contributed by atoms with Crippen LogP contribution < -0.4 is 0 Å². The fourth-order valence-electron chi connectivity index (χ4n) is 1.67. The summed E-state index contributed by atoms with van der Waals surface area (Å²) in [7, 11) is 0. The Morgan fingerprint density at radius 3 is 1.92 bits per heavy atom. The quantitative estimate of drug-likeness (QED) is 0.661. The Bertz CT molecular complexity index is 726. The van der Waals surface area contributed by atoms with Crippen molar-refractivity contribution in [3.63, 3.8) is 0 Å². The Labute approximate surface area is 137 Å². The van der Waals surface area contributed by atoms with E-state index in [0.29, 0.717) is 0 Å². The van der Waals surface area contributed by atoms with Gasteiger partial charge in [-0.1, -0.05) is 36.9 Å². The lowest BCUT2D eigenvalue weighted by atomic mass is 10.1. The number of rotatable bonds is 5. The van der Waals surface area contributed by atoms with Crippen LogP contribution in [-0.2, 0) is 11.2 Å². The van der Waals surface area contributed by atoms with Crippen molar-refractivity contribution in [1.29, 1.82) is 0 Å². The summed E-state index contributed by atoms with van der Waals surface area (Å²) in [6.45, 7) is 3.61. The third-order valence-corrected chi connectivity index (χ3v) is 2.82. The van der Waals surface area contributed by atoms with E-state index in [2.05, 4.69) is 6.58 Å². The third-order valence-electron chi connectivity index (χ3n) is 2.82. The fourth-order valence-corrected chi connectivity index (χ4v) is 1.67. The lowest BCUT2D eigenvalue weighted by Gasteiger charge is -1.96. The number of hydrogen-bond donors (Lipinski definition) is 1. The molecule has 0 unspecified atom stereocenters. The molecule has 0 aromatic heterocycles. The summed E-state index contributed by atoms with van der Waals surface area (Å²) in [4.78, 5) is 29.3. The van der Waals surface area contributed by atoms with Crippen LogP contribution in [0.25, 0.3) is 6.08 Å². The van der Waals surface area contributed by atoms with Crippen molar-refractivity contribution in [3.8, 4) is 0 Å². The number of benzene rings is 2. The van der Waals surface area contributed by atoms with Crippen LogP contribution in [0.15, 0.2) is 55.1 Å². The molecule has 0 amide bonds. The molecule has 8 nitrogen and oxygen atoms in total. The van der Waals surface area contributed by atoms with Crippen molar-refractivity contribution in [1.82, 2.24) is 0 Å². The number of hydrogen-bond acceptors (Lipinski definition) is 5. The van der Waals surface area contributed by atoms with Gasteiger partial charge in [-0.15, -0.1) is 0 Å². The molecule has 0 saturated heterocycles. The zero-order valence-corrected chi connectivity index (χ0v) is 12.5. The Morgan fingerprint density at radius 1 is 1.04 bits per heavy atom. The second kappa shape index (κ2) is 8.79. The summed E-state index contributed by atoms with van der Waals surface area (Å²) in [5.74, 6) is -0.804. The first kappa shape index (κ1) is 18.5. The molecule has 2 aromatic rings. The number of carboxylic acids is 1. The topological polar surface area (TPSA) is 124 Å². The van der Waals surface area contributed by atoms with Crippen molar-refractivity contribution >= 4 is 23.4 Å². The molecule has 2 rings (SSSR count). The number of aliphatic carboxylic acids is 1. The van der Waals surface area contributed by atoms with Crippen molar-refractivity contribution < 1.29 is 19.7 Å². The molecule has 24 heavy (non-hydrogen) atoms. The first-order valence-corrected chi connectivity index (χ1v) is 6.65. The van der Waals surface area contributed by atoms with E-state index in [1.54, 1.807) is 18.2 Å². The summed E-state index contributed by atoms with van der Waals surface area (Å²) in [6, 6.07) is 11.9. The maximum absolute atomic E-state index is 10.3. The van der Waals surface area contributed by atoms with Crippen LogP contribution in [0.1, 0.15) is 11.1 Å². The van der Waals surface area contributed by atoms with Crippen LogP contribution in [0, 0.1) is 20.2 Å². The monoisotopic (exact) mass is 330 g/mol. The predicted molar refractivity (Wildman–Crippen MR) is 87.6 cm³/mol. The zero-order valence-electron chi connectivity index (χ0n) is 12.5. The highest BCUT2D eigenvalue weighted by Gasteiger charge is 2.11. The molecule has 0 bridgehead atoms. The highest BCUT2D eigenvalue weighted by Crippen LogP contribution is 2.18. The van der Waals surface area contributed by atoms with Gasteiger partial charge in [0.2, 0.25) is 0 Å². The van der Waals surface area contributed by atoms with Gasteiger partial charge in [-0.05, 0) is 17.2 Å². The van der Waals surface area contributed by atoms with Gasteiger partial charge in [0.05, 0.1) is 22.3 Å². The second-order valence-corrected chi connectivity index (χ2v) is 4.55. The average Bonchev–Trinajstić information content (AvgIpc) is 2.55. The predicted octanol–water partition coefficient (Wildman–Crippen LogP) is 3.46. The normalized spacial score (nSPS) is 9.33. The van der Waals surface area contributed by atoms with Gasteiger partial charge in [-0.25, -0.2) is 0 Å². The molecule has 1 N–H and O–H groups in total. The average molecular weight is 330 g/mol. The van der Waals surface area contributed by atoms with E-state index in [1.165, 1.54) is 18.2 Å². The highest BCUT2D eigenvalue weighted by atomic mass is 16.6. The van der Waals surface area contributed by atoms with E-state index >= 15 is 0 Å². The minimum Gasteiger partial charge on any atom is -0.481 e. The van der Waals surface area contributed by atoms with Gasteiger partial charge in [0.1, 0.15) is 0 Å². The van der Waals surface area contributed by atoms with Gasteiger partial charge < -0.3 is 5.11 Å². The lowest BCUT2D eigenvalue weighted by Crippen LogP contribution is -1.99. The van der Waals surface area contributed by atoms with Crippen molar-refractivity contribution in [2.75, 3.05) is 0 Å². The molecule has 0 aliphatic heterocycles. The molecule has 8 heteroatoms. The van der Waals surface area contributed by atoms with Crippen LogP contribution in [-0.4, -0.2) is 20.9 Å². The van der Waals surface area contributed by atoms with Gasteiger partial charge in [0, 0.05) is 12.1 Å². The van der Waals surface area contributed by atoms with Gasteiger partial charge in [-0.3, -0.25) is 25.0 Å². The van der Waals surface area contributed by atoms with Crippen molar-refractivity contribution in [3.05, 3.63) is 86.5 Å². The van der Waals surface area contributed by atoms with Crippen LogP contribution in [0.4, 0.5) is 11.4 Å². The Morgan fingerprint density at radius 2 is 1.54 bits per heavy atom. The van der Waals surface area contributed by atoms with Crippen LogP contribution in [0.5, 0.6) is 0 Å². The zero-order chi connectivity index (χ0) is 18.1. The minimum absolute atomic E-state index is 0.0808. The molecule has 2 aromatic carbocycles. The molecular weight excluding hydrogens is 316 g/mol. The van der Waals surface area contributed by atoms with E-state index in [9.17, 15) is 25.0 Å². The minimum atomic E-state index is -0.804. The van der Waals surface area contributed by atoms with Gasteiger partial charge in [-0.2, -0.15) is 0 Å². The van der Waals surface area contributed by atoms with Gasteiger partial charge in [0.25, 0.3) is 11.4 Å². The van der Waals surface area contributed by atoms with E-state index < -0.39 is 15.8 Å². The van der Waals surface area contributed by atoms with Crippen molar-refractivity contribution in [2.45, 2.75) is 6.42 Å². The summed E-state index contributed by atoms with van der Waals surface area (Å²) in [5, 5.41) is 28.8.